The molecule has 4 aromatic rings. The van der Waals surface area contributed by atoms with Gasteiger partial charge in [-0.25, -0.2) is 5.43 Å². The minimum atomic E-state index is -0.442. The van der Waals surface area contributed by atoms with Gasteiger partial charge in [0.15, 0.2) is 11.5 Å². The van der Waals surface area contributed by atoms with E-state index >= 15 is 0 Å². The Balaban J connectivity index is 1.48. The lowest BCUT2D eigenvalue weighted by Gasteiger charge is -2.04. The first-order chi connectivity index (χ1) is 14.2. The normalized spacial score (nSPS) is 11.1. The highest BCUT2D eigenvalue weighted by molar-refractivity contribution is 5.95. The number of benzene rings is 3. The number of amides is 1. The van der Waals surface area contributed by atoms with E-state index in [0.717, 1.165) is 16.3 Å². The fraction of sp³-hybridized carbons (Fsp3) is 0.0455. The summed E-state index contributed by atoms with van der Waals surface area (Å²) < 4.78 is 5.04. The molecule has 7 heteroatoms. The number of nitrogens with zero attached hydrogens (tertiary/aromatic N) is 2. The Morgan fingerprint density at radius 2 is 1.93 bits per heavy atom. The van der Waals surface area contributed by atoms with Crippen molar-refractivity contribution in [2.75, 3.05) is 7.11 Å². The number of phenolic OH excluding ortho intramolecular Hbond substituents is 1. The van der Waals surface area contributed by atoms with Crippen LogP contribution in [0.3, 0.4) is 0 Å². The lowest BCUT2D eigenvalue weighted by molar-refractivity contribution is 0.0950. The number of H-pyrrole nitrogens is 1. The van der Waals surface area contributed by atoms with Gasteiger partial charge in [-0.3, -0.25) is 9.89 Å². The quantitative estimate of drug-likeness (QED) is 0.360. The number of para-hydroxylation sites is 1. The Morgan fingerprint density at radius 1 is 1.10 bits per heavy atom. The number of hydrazone groups is 1. The molecule has 0 aliphatic heterocycles. The highest BCUT2D eigenvalue weighted by atomic mass is 16.5. The van der Waals surface area contributed by atoms with E-state index in [9.17, 15) is 9.90 Å². The number of carbonyl (C=O) groups excluding carboxylic acids is 1. The van der Waals surface area contributed by atoms with Crippen LogP contribution in [0.2, 0.25) is 0 Å². The monoisotopic (exact) mass is 386 g/mol. The van der Waals surface area contributed by atoms with Crippen molar-refractivity contribution in [3.8, 4) is 22.8 Å². The number of fused-ring (bicyclic) bond motifs is 1. The molecular formula is C22H18N4O3. The molecule has 1 heterocycles. The van der Waals surface area contributed by atoms with Gasteiger partial charge in [-0.2, -0.15) is 10.2 Å². The topological polar surface area (TPSA) is 99.6 Å². The van der Waals surface area contributed by atoms with Gasteiger partial charge in [-0.05, 0) is 35.0 Å². The molecule has 0 spiro atoms. The van der Waals surface area contributed by atoms with Crippen LogP contribution in [0.15, 0.2) is 71.8 Å². The molecule has 4 rings (SSSR count). The van der Waals surface area contributed by atoms with Crippen molar-refractivity contribution < 1.29 is 14.6 Å². The molecule has 3 aromatic carbocycles. The first kappa shape index (κ1) is 18.2. The number of phenols is 1. The zero-order valence-electron chi connectivity index (χ0n) is 15.6. The third-order valence-corrected chi connectivity index (χ3v) is 4.49. The molecule has 0 fully saturated rings. The zero-order chi connectivity index (χ0) is 20.2. The maximum Gasteiger partial charge on any atom is 0.289 e. The maximum atomic E-state index is 12.3. The summed E-state index contributed by atoms with van der Waals surface area (Å²) in [5, 5.41) is 23.1. The number of hydrogen-bond acceptors (Lipinski definition) is 5. The molecule has 3 N–H and O–H groups in total. The highest BCUT2D eigenvalue weighted by Gasteiger charge is 2.11. The minimum Gasteiger partial charge on any atom is -0.504 e. The summed E-state index contributed by atoms with van der Waals surface area (Å²) in [4.78, 5) is 12.3. The maximum absolute atomic E-state index is 12.3. The van der Waals surface area contributed by atoms with Crippen molar-refractivity contribution in [3.63, 3.8) is 0 Å². The van der Waals surface area contributed by atoms with Crippen LogP contribution in [-0.4, -0.2) is 34.5 Å². The van der Waals surface area contributed by atoms with Gasteiger partial charge in [0.2, 0.25) is 0 Å². The molecule has 0 bridgehead atoms. The number of rotatable bonds is 5. The van der Waals surface area contributed by atoms with Crippen LogP contribution in [0.4, 0.5) is 0 Å². The molecular weight excluding hydrogens is 368 g/mol. The van der Waals surface area contributed by atoms with Gasteiger partial charge < -0.3 is 9.84 Å². The Hall–Kier alpha value is -4.13. The van der Waals surface area contributed by atoms with Crippen LogP contribution < -0.4 is 10.2 Å². The molecule has 7 nitrogen and oxygen atoms in total. The van der Waals surface area contributed by atoms with Crippen molar-refractivity contribution in [2.45, 2.75) is 0 Å². The van der Waals surface area contributed by atoms with Gasteiger partial charge in [0, 0.05) is 11.1 Å². The molecule has 0 saturated heterocycles. The summed E-state index contributed by atoms with van der Waals surface area (Å²) in [6.07, 6.45) is 1.34. The van der Waals surface area contributed by atoms with Gasteiger partial charge in [-0.1, -0.05) is 42.5 Å². The molecule has 0 saturated carbocycles. The van der Waals surface area contributed by atoms with Crippen molar-refractivity contribution in [3.05, 3.63) is 78.0 Å². The number of carbonyl (C=O) groups is 1. The summed E-state index contributed by atoms with van der Waals surface area (Å²) >= 11 is 0. The molecule has 0 aliphatic rings. The fourth-order valence-corrected chi connectivity index (χ4v) is 2.96. The van der Waals surface area contributed by atoms with E-state index in [-0.39, 0.29) is 11.4 Å². The fourth-order valence-electron chi connectivity index (χ4n) is 2.96. The van der Waals surface area contributed by atoms with Gasteiger partial charge in [-0.15, -0.1) is 0 Å². The van der Waals surface area contributed by atoms with Crippen LogP contribution in [0, 0.1) is 0 Å². The van der Waals surface area contributed by atoms with E-state index in [2.05, 4.69) is 20.7 Å². The van der Waals surface area contributed by atoms with Crippen molar-refractivity contribution in [1.29, 1.82) is 0 Å². The number of aromatic hydroxyl groups is 1. The van der Waals surface area contributed by atoms with Crippen molar-refractivity contribution in [1.82, 2.24) is 15.6 Å². The molecule has 0 unspecified atom stereocenters. The third-order valence-electron chi connectivity index (χ3n) is 4.49. The van der Waals surface area contributed by atoms with Crippen molar-refractivity contribution in [2.24, 2.45) is 5.10 Å². The second kappa shape index (κ2) is 7.85. The second-order valence-electron chi connectivity index (χ2n) is 6.33. The van der Waals surface area contributed by atoms with Crippen LogP contribution in [0.25, 0.3) is 22.0 Å². The number of methoxy groups -OCH3 is 1. The Kier molecular flexibility index (Phi) is 4.94. The van der Waals surface area contributed by atoms with Crippen LogP contribution in [0.5, 0.6) is 11.5 Å². The van der Waals surface area contributed by atoms with E-state index in [1.165, 1.54) is 13.3 Å². The Morgan fingerprint density at radius 3 is 2.76 bits per heavy atom. The summed E-state index contributed by atoms with van der Waals surface area (Å²) in [7, 11) is 1.46. The average Bonchev–Trinajstić information content (AvgIpc) is 3.25. The molecule has 1 amide bonds. The van der Waals surface area contributed by atoms with Crippen LogP contribution in [0.1, 0.15) is 16.1 Å². The number of ether oxygens (including phenoxy) is 1. The lowest BCUT2D eigenvalue weighted by atomic mass is 10.1. The van der Waals surface area contributed by atoms with E-state index in [0.29, 0.717) is 17.0 Å². The summed E-state index contributed by atoms with van der Waals surface area (Å²) in [5.74, 6) is -0.162. The second-order valence-corrected chi connectivity index (χ2v) is 6.33. The summed E-state index contributed by atoms with van der Waals surface area (Å²) in [5.41, 5.74) is 4.68. The van der Waals surface area contributed by atoms with Gasteiger partial charge in [0.25, 0.3) is 5.91 Å². The number of hydrogen-bond donors (Lipinski definition) is 3. The predicted molar refractivity (Wildman–Crippen MR) is 111 cm³/mol. The Labute approximate surface area is 166 Å². The van der Waals surface area contributed by atoms with Gasteiger partial charge in [0.05, 0.1) is 19.0 Å². The smallest absolute Gasteiger partial charge is 0.289 e. The SMILES string of the molecule is COc1cccc(/C=N/NC(=O)c2cc(-c3ccc4ccccc4c3)n[nH]2)c1O. The van der Waals surface area contributed by atoms with Crippen molar-refractivity contribution >= 4 is 22.9 Å². The largest absolute Gasteiger partial charge is 0.504 e. The summed E-state index contributed by atoms with van der Waals surface area (Å²) in [6.45, 7) is 0. The molecule has 1 aromatic heterocycles. The minimum absolute atomic E-state index is 0.0480. The van der Waals surface area contributed by atoms with E-state index in [1.807, 2.05) is 42.5 Å². The third kappa shape index (κ3) is 3.79. The molecule has 0 aliphatic carbocycles. The van der Waals surface area contributed by atoms with E-state index in [1.54, 1.807) is 24.3 Å². The lowest BCUT2D eigenvalue weighted by Crippen LogP contribution is -2.18. The van der Waals surface area contributed by atoms with Gasteiger partial charge in [0.1, 0.15) is 5.69 Å². The van der Waals surface area contributed by atoms with E-state index < -0.39 is 5.91 Å². The average molecular weight is 386 g/mol. The molecule has 0 radical (unpaired) electrons. The number of aromatic amines is 1. The van der Waals surface area contributed by atoms with Gasteiger partial charge >= 0.3 is 0 Å². The van der Waals surface area contributed by atoms with E-state index in [4.69, 9.17) is 4.74 Å². The zero-order valence-corrected chi connectivity index (χ0v) is 15.6. The predicted octanol–water partition coefficient (Wildman–Crippen LogP) is 3.71. The first-order valence-electron chi connectivity index (χ1n) is 8.89. The number of nitrogens with one attached hydrogen (secondary N) is 2. The highest BCUT2D eigenvalue weighted by Crippen LogP contribution is 2.28. The molecule has 144 valence electrons. The molecule has 29 heavy (non-hydrogen) atoms. The number of aromatic nitrogens is 2. The Bertz CT molecular complexity index is 1210. The standard InChI is InChI=1S/C22H18N4O3/c1-29-20-8-4-7-17(21(20)27)13-23-26-22(28)19-12-18(24-25-19)16-10-9-14-5-2-3-6-15(14)11-16/h2-13,27H,1H3,(H,24,25)(H,26,28)/b23-13+. The molecule has 0 atom stereocenters. The van der Waals surface area contributed by atoms with Crippen LogP contribution >= 0.6 is 0 Å². The first-order valence-corrected chi connectivity index (χ1v) is 8.89. The summed E-state index contributed by atoms with van der Waals surface area (Å²) in [6, 6.07) is 20.7. The van der Waals surface area contributed by atoms with Crippen LogP contribution in [-0.2, 0) is 0 Å².